The predicted molar refractivity (Wildman–Crippen MR) is 183 cm³/mol. The minimum Gasteiger partial charge on any atom is -0.466 e. The molecule has 0 bridgehead atoms. The Kier molecular flexibility index (Phi) is 10.1. The molecule has 5 heteroatoms. The molecule has 5 aromatic rings. The van der Waals surface area contributed by atoms with E-state index in [0.29, 0.717) is 13.2 Å². The van der Waals surface area contributed by atoms with E-state index in [4.69, 9.17) is 9.47 Å². The summed E-state index contributed by atoms with van der Waals surface area (Å²) in [5.41, 5.74) is 13.1. The number of nitrogens with one attached hydrogen (secondary N) is 1. The van der Waals surface area contributed by atoms with Crippen LogP contribution in [0.2, 0.25) is 0 Å². The molecule has 5 nitrogen and oxygen atoms in total. The van der Waals surface area contributed by atoms with Crippen LogP contribution in [0.15, 0.2) is 109 Å². The molecular formula is C40H39NO4. The summed E-state index contributed by atoms with van der Waals surface area (Å²) in [6.45, 7) is 8.73. The van der Waals surface area contributed by atoms with Gasteiger partial charge in [0, 0.05) is 16.9 Å². The minimum absolute atomic E-state index is 0.206. The van der Waals surface area contributed by atoms with E-state index in [9.17, 15) is 9.59 Å². The van der Waals surface area contributed by atoms with Crippen LogP contribution in [0.3, 0.4) is 0 Å². The highest BCUT2D eigenvalue weighted by atomic mass is 16.5. The number of hydrogen-bond donors (Lipinski definition) is 1. The molecule has 228 valence electrons. The van der Waals surface area contributed by atoms with E-state index in [1.54, 1.807) is 0 Å². The Labute approximate surface area is 265 Å². The monoisotopic (exact) mass is 597 g/mol. The summed E-state index contributed by atoms with van der Waals surface area (Å²) >= 11 is 0. The fraction of sp³-hybridized carbons (Fsp3) is 0.200. The highest BCUT2D eigenvalue weighted by molar-refractivity contribution is 5.86. The van der Waals surface area contributed by atoms with Crippen molar-refractivity contribution in [2.75, 3.05) is 18.5 Å². The SMILES string of the molecule is CCOC(=O)Cc1ccc(-c2ccc(Nc3ccc(C)c(C)c3-c3ccc(-c4ccc(CC(=O)OCC)cc4)cc3)cc2)cc1. The maximum Gasteiger partial charge on any atom is 0.310 e. The first kappa shape index (κ1) is 31.3. The first-order valence-electron chi connectivity index (χ1n) is 15.4. The normalized spacial score (nSPS) is 10.8. The van der Waals surface area contributed by atoms with E-state index in [2.05, 4.69) is 92.0 Å². The fourth-order valence-corrected chi connectivity index (χ4v) is 5.41. The number of benzene rings is 5. The maximum absolute atomic E-state index is 11.8. The van der Waals surface area contributed by atoms with Gasteiger partial charge >= 0.3 is 11.9 Å². The number of anilines is 2. The maximum atomic E-state index is 11.8. The number of rotatable bonds is 11. The standard InChI is InChI=1S/C40H39NO4/c1-5-44-38(42)25-29-8-12-31(13-9-29)33-16-18-35(19-17-33)40-28(4)27(3)7-24-37(40)41-36-22-20-34(21-23-36)32-14-10-30(11-15-32)26-39(43)45-6-2/h7-24,41H,5-6,25-26H2,1-4H3. The molecule has 0 radical (unpaired) electrons. The zero-order valence-electron chi connectivity index (χ0n) is 26.4. The Hall–Kier alpha value is -5.16. The molecule has 0 amide bonds. The van der Waals surface area contributed by atoms with Crippen molar-refractivity contribution >= 4 is 23.3 Å². The zero-order chi connectivity index (χ0) is 31.8. The topological polar surface area (TPSA) is 64.6 Å². The lowest BCUT2D eigenvalue weighted by molar-refractivity contribution is -0.143. The quantitative estimate of drug-likeness (QED) is 0.154. The molecule has 0 aliphatic carbocycles. The van der Waals surface area contributed by atoms with Crippen molar-refractivity contribution in [3.63, 3.8) is 0 Å². The Morgan fingerprint density at radius 2 is 0.933 bits per heavy atom. The first-order chi connectivity index (χ1) is 21.8. The third kappa shape index (κ3) is 7.87. The molecule has 45 heavy (non-hydrogen) atoms. The summed E-state index contributed by atoms with van der Waals surface area (Å²) in [6.07, 6.45) is 0.563. The largest absolute Gasteiger partial charge is 0.466 e. The van der Waals surface area contributed by atoms with Gasteiger partial charge in [-0.05, 0) is 96.0 Å². The van der Waals surface area contributed by atoms with Crippen molar-refractivity contribution in [1.29, 1.82) is 0 Å². The average molecular weight is 598 g/mol. The Balaban J connectivity index is 1.31. The van der Waals surface area contributed by atoms with Crippen LogP contribution in [0.1, 0.15) is 36.1 Å². The summed E-state index contributed by atoms with van der Waals surface area (Å²) in [6, 6.07) is 37.4. The van der Waals surface area contributed by atoms with Gasteiger partial charge in [0.1, 0.15) is 0 Å². The van der Waals surface area contributed by atoms with E-state index in [1.807, 2.05) is 50.2 Å². The van der Waals surface area contributed by atoms with Gasteiger partial charge < -0.3 is 14.8 Å². The van der Waals surface area contributed by atoms with E-state index in [-0.39, 0.29) is 24.8 Å². The molecule has 0 saturated heterocycles. The van der Waals surface area contributed by atoms with Crippen LogP contribution in [0.4, 0.5) is 11.4 Å². The Morgan fingerprint density at radius 1 is 0.533 bits per heavy atom. The van der Waals surface area contributed by atoms with Gasteiger partial charge in [-0.25, -0.2) is 0 Å². The molecule has 0 aromatic heterocycles. The smallest absolute Gasteiger partial charge is 0.310 e. The Morgan fingerprint density at radius 3 is 1.38 bits per heavy atom. The number of ether oxygens (including phenoxy) is 2. The van der Waals surface area contributed by atoms with Crippen LogP contribution in [0.5, 0.6) is 0 Å². The van der Waals surface area contributed by atoms with Gasteiger partial charge in [-0.1, -0.05) is 91.0 Å². The van der Waals surface area contributed by atoms with Gasteiger partial charge in [0.25, 0.3) is 0 Å². The van der Waals surface area contributed by atoms with Crippen molar-refractivity contribution in [3.8, 4) is 33.4 Å². The third-order valence-electron chi connectivity index (χ3n) is 7.96. The highest BCUT2D eigenvalue weighted by Crippen LogP contribution is 2.36. The third-order valence-corrected chi connectivity index (χ3v) is 7.96. The van der Waals surface area contributed by atoms with E-state index >= 15 is 0 Å². The second-order valence-electron chi connectivity index (χ2n) is 11.1. The van der Waals surface area contributed by atoms with E-state index in [1.165, 1.54) is 16.7 Å². The second-order valence-corrected chi connectivity index (χ2v) is 11.1. The highest BCUT2D eigenvalue weighted by Gasteiger charge is 2.12. The zero-order valence-corrected chi connectivity index (χ0v) is 26.4. The number of aryl methyl sites for hydroxylation is 1. The van der Waals surface area contributed by atoms with Crippen LogP contribution >= 0.6 is 0 Å². The van der Waals surface area contributed by atoms with Gasteiger partial charge in [-0.3, -0.25) is 9.59 Å². The fourth-order valence-electron chi connectivity index (χ4n) is 5.41. The Bertz CT molecular complexity index is 1750. The van der Waals surface area contributed by atoms with Crippen molar-refractivity contribution in [2.24, 2.45) is 0 Å². The van der Waals surface area contributed by atoms with Gasteiger partial charge in [0.15, 0.2) is 0 Å². The molecule has 0 aliphatic heterocycles. The van der Waals surface area contributed by atoms with Gasteiger partial charge in [0.05, 0.1) is 26.1 Å². The summed E-state index contributed by atoms with van der Waals surface area (Å²) in [5, 5.41) is 3.65. The molecule has 5 aromatic carbocycles. The molecule has 0 fully saturated rings. The molecular weight excluding hydrogens is 558 g/mol. The van der Waals surface area contributed by atoms with Gasteiger partial charge in [-0.2, -0.15) is 0 Å². The molecule has 0 unspecified atom stereocenters. The molecule has 0 saturated carbocycles. The molecule has 0 aliphatic rings. The van der Waals surface area contributed by atoms with Crippen LogP contribution in [-0.4, -0.2) is 25.2 Å². The van der Waals surface area contributed by atoms with Crippen LogP contribution in [0.25, 0.3) is 33.4 Å². The second kappa shape index (κ2) is 14.5. The van der Waals surface area contributed by atoms with E-state index < -0.39 is 0 Å². The van der Waals surface area contributed by atoms with Crippen molar-refractivity contribution in [3.05, 3.63) is 131 Å². The van der Waals surface area contributed by atoms with Crippen molar-refractivity contribution in [1.82, 2.24) is 0 Å². The average Bonchev–Trinajstić information content (AvgIpc) is 3.04. The number of carbonyl (C=O) groups is 2. The molecule has 5 rings (SSSR count). The summed E-state index contributed by atoms with van der Waals surface area (Å²) < 4.78 is 10.1. The van der Waals surface area contributed by atoms with E-state index in [0.717, 1.165) is 50.3 Å². The van der Waals surface area contributed by atoms with Crippen molar-refractivity contribution in [2.45, 2.75) is 40.5 Å². The van der Waals surface area contributed by atoms with Crippen LogP contribution in [0, 0.1) is 13.8 Å². The summed E-state index contributed by atoms with van der Waals surface area (Å²) in [4.78, 5) is 23.6. The predicted octanol–water partition coefficient (Wildman–Crippen LogP) is 9.26. The lowest BCUT2D eigenvalue weighted by Crippen LogP contribution is -2.07. The van der Waals surface area contributed by atoms with Crippen molar-refractivity contribution < 1.29 is 19.1 Å². The lowest BCUT2D eigenvalue weighted by Gasteiger charge is -2.18. The summed E-state index contributed by atoms with van der Waals surface area (Å²) in [7, 11) is 0. The molecule has 0 atom stereocenters. The minimum atomic E-state index is -0.207. The number of esters is 2. The molecule has 1 N–H and O–H groups in total. The number of carbonyl (C=O) groups excluding carboxylic acids is 2. The molecule has 0 heterocycles. The molecule has 0 spiro atoms. The lowest BCUT2D eigenvalue weighted by atomic mass is 9.93. The van der Waals surface area contributed by atoms with Gasteiger partial charge in [-0.15, -0.1) is 0 Å². The van der Waals surface area contributed by atoms with Gasteiger partial charge in [0.2, 0.25) is 0 Å². The summed E-state index contributed by atoms with van der Waals surface area (Å²) in [5.74, 6) is -0.414. The van der Waals surface area contributed by atoms with Crippen LogP contribution < -0.4 is 5.32 Å². The number of hydrogen-bond acceptors (Lipinski definition) is 5. The first-order valence-corrected chi connectivity index (χ1v) is 15.4. The van der Waals surface area contributed by atoms with Crippen LogP contribution in [-0.2, 0) is 31.9 Å².